The fourth-order valence-corrected chi connectivity index (χ4v) is 8.20. The topological polar surface area (TPSA) is 268 Å². The van der Waals surface area contributed by atoms with E-state index in [-0.39, 0.29) is 81.1 Å². The van der Waals surface area contributed by atoms with E-state index in [9.17, 15) is 43.2 Å². The van der Waals surface area contributed by atoms with E-state index in [1.165, 1.54) is 22.6 Å². The Morgan fingerprint density at radius 1 is 0.588 bits per heavy atom. The molecule has 4 aliphatic rings. The maximum atomic E-state index is 12.7. The second-order valence-electron chi connectivity index (χ2n) is 22.1. The molecule has 80 heavy (non-hydrogen) atoms. The number of carbonyl (C=O) groups is 9. The molecule has 3 N–H and O–H groups in total. The Balaban J connectivity index is 0.00000103. The summed E-state index contributed by atoms with van der Waals surface area (Å²) in [4.78, 5) is 112. The van der Waals surface area contributed by atoms with Crippen LogP contribution in [0.1, 0.15) is 161 Å². The minimum absolute atomic E-state index is 0. The zero-order chi connectivity index (χ0) is 61.0. The molecule has 0 spiro atoms. The molecule has 0 aliphatic carbocycles. The van der Waals surface area contributed by atoms with Crippen LogP contribution in [0.25, 0.3) is 0 Å². The molecule has 0 radical (unpaired) electrons. The number of hydrogen-bond donors (Lipinski definition) is 3. The van der Waals surface area contributed by atoms with Crippen molar-refractivity contribution in [1.29, 1.82) is 11.1 Å². The fraction of sp³-hybridized carbons (Fsp3) is 0.550. The van der Waals surface area contributed by atoms with Gasteiger partial charge in [-0.25, -0.2) is 25.4 Å². The summed E-state index contributed by atoms with van der Waals surface area (Å²) in [6.07, 6.45) is 2.51. The number of Topliss-reactive ketones (excluding diaryl/α,β-unsaturated/α-hetero) is 5. The Morgan fingerprint density at radius 2 is 0.963 bits per heavy atom. The van der Waals surface area contributed by atoms with Crippen LogP contribution in [-0.4, -0.2) is 147 Å². The monoisotopic (exact) mass is 1140 g/mol. The van der Waals surface area contributed by atoms with Gasteiger partial charge < -0.3 is 38.8 Å². The summed E-state index contributed by atoms with van der Waals surface area (Å²) < 4.78 is 21.0. The largest absolute Gasteiger partial charge is 0.444 e. The number of nitrogens with one attached hydrogen (secondary N) is 2. The fourth-order valence-electron chi connectivity index (χ4n) is 8.07. The first-order chi connectivity index (χ1) is 37.4. The van der Waals surface area contributed by atoms with Gasteiger partial charge in [-0.05, 0) is 114 Å². The van der Waals surface area contributed by atoms with Crippen molar-refractivity contribution in [3.05, 3.63) is 108 Å². The second-order valence-corrected chi connectivity index (χ2v) is 22.4. The van der Waals surface area contributed by atoms with Crippen LogP contribution in [0.3, 0.4) is 0 Å². The van der Waals surface area contributed by atoms with Crippen LogP contribution in [0.2, 0.25) is 0 Å². The molecule has 20 heteroatoms. The number of amides is 3. The van der Waals surface area contributed by atoms with Crippen molar-refractivity contribution < 1.29 is 68.6 Å². The predicted octanol–water partition coefficient (Wildman–Crippen LogP) is 11.8. The van der Waals surface area contributed by atoms with Gasteiger partial charge in [-0.3, -0.25) is 28.8 Å². The highest BCUT2D eigenvalue weighted by molar-refractivity contribution is 6.67. The number of aliphatic hydroxyl groups is 1. The number of benzene rings is 3. The third-order valence-electron chi connectivity index (χ3n) is 11.8. The van der Waals surface area contributed by atoms with E-state index in [1.54, 1.807) is 140 Å². The molecule has 0 bridgehead atoms. The van der Waals surface area contributed by atoms with E-state index in [1.807, 2.05) is 45.9 Å². The lowest BCUT2D eigenvalue weighted by molar-refractivity contribution is -0.127. The Bertz CT molecular complexity index is 2410. The van der Waals surface area contributed by atoms with Crippen LogP contribution in [0.5, 0.6) is 0 Å². The standard InChI is InChI=1S/2C18H23NO4.C11H19NO3.C7H5ClO.C4H8O.C2H6O.H2N2.H2/c1-12-10-15(20)14(16(21)13-8-6-5-7-9-13)11-19(12)17(22)23-18(2,3)4;1-12-15(16(21)13-8-6-5-7-9-13)14(20)10-11-19(12)17(22)23-18(2,3)4;1-8-7-9(13)5-6-12(8)10(14)15-11(2,3)4;8-7(9)6-4-2-1-3-5-6;1-2-4-5-3-1;1-2-3;1-2;/h5-9,12,14H,10-11H2,1-4H3;5-9,12,15H,10-11H2,1-4H3;8H,5-7H2,1-4H3;1-5H;1-4H2;3H,2H2,1H3;1-2H;1H. The Kier molecular flexibility index (Phi) is 31.3. The molecule has 0 aromatic heterocycles. The van der Waals surface area contributed by atoms with Crippen molar-refractivity contribution in [2.45, 2.75) is 163 Å². The van der Waals surface area contributed by atoms with E-state index >= 15 is 0 Å². The zero-order valence-electron chi connectivity index (χ0n) is 49.0. The third kappa shape index (κ3) is 26.5. The van der Waals surface area contributed by atoms with Crippen molar-refractivity contribution >= 4 is 64.0 Å². The van der Waals surface area contributed by atoms with Gasteiger partial charge >= 0.3 is 18.3 Å². The van der Waals surface area contributed by atoms with Gasteiger partial charge in [-0.1, -0.05) is 91.0 Å². The molecular formula is C60H88ClN5O14. The van der Waals surface area contributed by atoms with Gasteiger partial charge in [-0.2, -0.15) is 0 Å². The van der Waals surface area contributed by atoms with E-state index in [4.69, 9.17) is 46.7 Å². The first-order valence-electron chi connectivity index (χ1n) is 26.8. The third-order valence-corrected chi connectivity index (χ3v) is 12.0. The van der Waals surface area contributed by atoms with E-state index in [0.717, 1.165) is 13.2 Å². The normalized spacial score (nSPS) is 19.7. The summed E-state index contributed by atoms with van der Waals surface area (Å²) in [7, 11) is 0. The van der Waals surface area contributed by atoms with Gasteiger partial charge in [0.05, 0.1) is 5.92 Å². The van der Waals surface area contributed by atoms with Gasteiger partial charge in [0.1, 0.15) is 40.1 Å². The summed E-state index contributed by atoms with van der Waals surface area (Å²) in [6, 6.07) is 25.3. The van der Waals surface area contributed by atoms with E-state index in [2.05, 4.69) is 0 Å². The maximum Gasteiger partial charge on any atom is 0.410 e. The van der Waals surface area contributed by atoms with Crippen LogP contribution in [-0.2, 0) is 33.3 Å². The molecule has 5 unspecified atom stereocenters. The summed E-state index contributed by atoms with van der Waals surface area (Å²) in [5, 5.41) is 7.16. The van der Waals surface area contributed by atoms with Crippen LogP contribution >= 0.6 is 11.6 Å². The Labute approximate surface area is 479 Å². The van der Waals surface area contributed by atoms with Crippen molar-refractivity contribution in [2.75, 3.05) is 39.5 Å². The lowest BCUT2D eigenvalue weighted by Gasteiger charge is -2.38. The van der Waals surface area contributed by atoms with Crippen molar-refractivity contribution in [1.82, 2.24) is 14.7 Å². The molecule has 4 heterocycles. The lowest BCUT2D eigenvalue weighted by atomic mass is 9.83. The molecule has 3 aromatic carbocycles. The minimum Gasteiger partial charge on any atom is -0.444 e. The van der Waals surface area contributed by atoms with E-state index in [0.29, 0.717) is 36.1 Å². The van der Waals surface area contributed by atoms with Crippen LogP contribution in [0.15, 0.2) is 91.0 Å². The maximum absolute atomic E-state index is 12.7. The number of halogens is 1. The first-order valence-corrected chi connectivity index (χ1v) is 27.2. The molecular weight excluding hydrogens is 1050 g/mol. The predicted molar refractivity (Wildman–Crippen MR) is 306 cm³/mol. The van der Waals surface area contributed by atoms with Crippen molar-refractivity contribution in [3.8, 4) is 0 Å². The summed E-state index contributed by atoms with van der Waals surface area (Å²) in [5.74, 6) is -2.15. The molecule has 3 aromatic rings. The summed E-state index contributed by atoms with van der Waals surface area (Å²) in [6.45, 7) is 26.4. The number of ketones is 5. The van der Waals surface area contributed by atoms with Crippen LogP contribution < -0.4 is 0 Å². The lowest BCUT2D eigenvalue weighted by Crippen LogP contribution is -2.54. The average molecular weight is 1140 g/mol. The van der Waals surface area contributed by atoms with Gasteiger partial charge in [0.15, 0.2) is 11.6 Å². The number of nitrogens with zero attached hydrogens (tertiary/aromatic N) is 3. The molecule has 5 atom stereocenters. The quantitative estimate of drug-likeness (QED) is 0.0705. The Hall–Kier alpha value is -6.70. The van der Waals surface area contributed by atoms with Crippen LogP contribution in [0, 0.1) is 22.9 Å². The number of rotatable bonds is 5. The first kappa shape index (κ1) is 71.3. The number of ether oxygens (including phenoxy) is 4. The number of aliphatic hydroxyl groups excluding tert-OH is 1. The smallest absolute Gasteiger partial charge is 0.410 e. The number of hydrogen-bond acceptors (Lipinski definition) is 16. The number of likely N-dealkylation sites (tertiary alicyclic amines) is 3. The minimum atomic E-state index is -0.835. The molecule has 4 saturated heterocycles. The van der Waals surface area contributed by atoms with E-state index < -0.39 is 52.1 Å². The summed E-state index contributed by atoms with van der Waals surface area (Å²) in [5.41, 5.74) is 9.82. The highest BCUT2D eigenvalue weighted by Gasteiger charge is 2.43. The average Bonchev–Trinajstić information content (AvgIpc) is 3.98. The molecule has 4 aliphatic heterocycles. The number of piperidine rings is 3. The molecule has 3 amide bonds. The van der Waals surface area contributed by atoms with Gasteiger partial charge in [-0.15, -0.1) is 0 Å². The molecule has 0 saturated carbocycles. The molecule has 444 valence electrons. The van der Waals surface area contributed by atoms with Gasteiger partial charge in [0.25, 0.3) is 5.24 Å². The second kappa shape index (κ2) is 35.1. The highest BCUT2D eigenvalue weighted by atomic mass is 35.5. The Morgan fingerprint density at radius 3 is 1.34 bits per heavy atom. The summed E-state index contributed by atoms with van der Waals surface area (Å²) >= 11 is 5.16. The van der Waals surface area contributed by atoms with Gasteiger partial charge in [0, 0.05) is 101 Å². The molecule has 4 fully saturated rings. The number of carbonyl (C=O) groups excluding carboxylic acids is 9. The molecule has 19 nitrogen and oxygen atoms in total. The zero-order valence-corrected chi connectivity index (χ0v) is 49.8. The molecule has 7 rings (SSSR count). The van der Waals surface area contributed by atoms with Crippen LogP contribution in [0.4, 0.5) is 14.4 Å². The van der Waals surface area contributed by atoms with Crippen molar-refractivity contribution in [3.63, 3.8) is 0 Å². The van der Waals surface area contributed by atoms with Gasteiger partial charge in [0.2, 0.25) is 0 Å². The van der Waals surface area contributed by atoms with Crippen molar-refractivity contribution in [2.24, 2.45) is 11.8 Å². The SMILES string of the molecule is C1CCOC1.CC1C(C(=O)c2ccccc2)C(=O)CCN1C(=O)OC(C)(C)C.CC1CC(=O)C(C(=O)c2ccccc2)CN1C(=O)OC(C)(C)C.CC1CC(=O)CCN1C(=O)OC(C)(C)C.CCO.N=N.O=C(Cl)c1ccccc1.[HH]. The highest BCUT2D eigenvalue weighted by Crippen LogP contribution is 2.28.